The molecule has 0 spiro atoms. The number of benzene rings is 1. The zero-order valence-electron chi connectivity index (χ0n) is 17.1. The summed E-state index contributed by atoms with van der Waals surface area (Å²) in [5.74, 6) is 0.807. The molecule has 4 atom stereocenters. The zero-order valence-corrected chi connectivity index (χ0v) is 17.1. The maximum atomic E-state index is 12.7. The Bertz CT molecular complexity index is 974. The molecule has 4 rings (SSSR count). The van der Waals surface area contributed by atoms with Crippen LogP contribution in [0.1, 0.15) is 24.8 Å². The highest BCUT2D eigenvalue weighted by Gasteiger charge is 2.29. The minimum atomic E-state index is -2.55. The summed E-state index contributed by atoms with van der Waals surface area (Å²) < 4.78 is 31.1. The van der Waals surface area contributed by atoms with E-state index in [9.17, 15) is 18.7 Å². The second-order valence-corrected chi connectivity index (χ2v) is 7.64. The molecule has 0 aromatic heterocycles. The number of amidine groups is 1. The summed E-state index contributed by atoms with van der Waals surface area (Å²) in [4.78, 5) is 24.8. The molecule has 9 nitrogen and oxygen atoms in total. The maximum absolute atomic E-state index is 12.7. The van der Waals surface area contributed by atoms with Gasteiger partial charge in [0.15, 0.2) is 12.1 Å². The number of nitrogens with two attached hydrogens (primary N) is 1. The summed E-state index contributed by atoms with van der Waals surface area (Å²) in [5.41, 5.74) is 6.57. The van der Waals surface area contributed by atoms with Crippen molar-refractivity contribution in [3.8, 4) is 5.75 Å². The first kappa shape index (κ1) is 22.2. The molecule has 5 N–H and O–H groups in total. The predicted molar refractivity (Wildman–Crippen MR) is 115 cm³/mol. The van der Waals surface area contributed by atoms with Crippen LogP contribution in [0.3, 0.4) is 0 Å². The number of nitrogens with one attached hydrogen (secondary N) is 2. The molecule has 3 aliphatic heterocycles. The smallest absolute Gasteiger partial charge is 0.265 e. The molecular formula is C21H24F2N6O3. The first-order valence-corrected chi connectivity index (χ1v) is 10.3. The predicted octanol–water partition coefficient (Wildman–Crippen LogP) is 0.730. The normalized spacial score (nSPS) is 26.3. The molecule has 11 heteroatoms. The number of aliphatic imine (C=N–C) groups is 3. The number of hydrogen-bond donors (Lipinski definition) is 4. The highest BCUT2D eigenvalue weighted by atomic mass is 19.3. The molecule has 0 radical (unpaired) electrons. The van der Waals surface area contributed by atoms with Crippen LogP contribution in [0.25, 0.3) is 0 Å². The van der Waals surface area contributed by atoms with Gasteiger partial charge in [0.25, 0.3) is 6.43 Å². The van der Waals surface area contributed by atoms with Gasteiger partial charge in [-0.25, -0.2) is 23.8 Å². The highest BCUT2D eigenvalue weighted by Crippen LogP contribution is 2.21. The lowest BCUT2D eigenvalue weighted by atomic mass is 10.1. The van der Waals surface area contributed by atoms with Crippen LogP contribution in [0.2, 0.25) is 0 Å². The van der Waals surface area contributed by atoms with Crippen LogP contribution in [-0.4, -0.2) is 66.4 Å². The van der Waals surface area contributed by atoms with Gasteiger partial charge in [-0.2, -0.15) is 0 Å². The Morgan fingerprint density at radius 3 is 2.66 bits per heavy atom. The summed E-state index contributed by atoms with van der Waals surface area (Å²) >= 11 is 0. The van der Waals surface area contributed by atoms with Gasteiger partial charge in [-0.3, -0.25) is 10.1 Å². The first-order chi connectivity index (χ1) is 15.4. The van der Waals surface area contributed by atoms with Crippen LogP contribution in [0.5, 0.6) is 5.75 Å². The molecule has 1 fully saturated rings. The van der Waals surface area contributed by atoms with E-state index in [0.29, 0.717) is 42.2 Å². The van der Waals surface area contributed by atoms with Crippen molar-refractivity contribution in [2.24, 2.45) is 20.7 Å². The summed E-state index contributed by atoms with van der Waals surface area (Å²) in [6.45, 7) is 0.603. The summed E-state index contributed by atoms with van der Waals surface area (Å²) in [7, 11) is 0. The number of carbonyl (C=O) groups excluding carboxylic acids is 1. The lowest BCUT2D eigenvalue weighted by molar-refractivity contribution is -0.121. The molecule has 1 aromatic rings. The number of nitrogens with zero attached hydrogens (tertiary/aromatic N) is 3. The lowest BCUT2D eigenvalue weighted by Crippen LogP contribution is -2.46. The van der Waals surface area contributed by atoms with E-state index in [-0.39, 0.29) is 23.9 Å². The minimum absolute atomic E-state index is 0.0819. The Balaban J connectivity index is 1.45. The van der Waals surface area contributed by atoms with Crippen molar-refractivity contribution in [1.82, 2.24) is 10.6 Å². The van der Waals surface area contributed by atoms with Gasteiger partial charge >= 0.3 is 0 Å². The molecule has 0 aliphatic carbocycles. The van der Waals surface area contributed by atoms with E-state index in [1.165, 1.54) is 6.08 Å². The standard InChI is InChI=1S/C21H24F2N6O3/c22-18(23)12-3-6-17(26-10-12)32-13-4-1-11(2-5-13)20-28-15(19(24)30)9-16(29-20)27-14-7-8-25-21(14)31/h1-5,10,14,16-19,27,30H,6-9,24H2,(H,25,31). The van der Waals surface area contributed by atoms with Gasteiger partial charge in [0.1, 0.15) is 18.1 Å². The molecule has 0 saturated carbocycles. The van der Waals surface area contributed by atoms with Gasteiger partial charge < -0.3 is 20.9 Å². The molecule has 170 valence electrons. The number of ether oxygens (including phenoxy) is 1. The maximum Gasteiger partial charge on any atom is 0.265 e. The van der Waals surface area contributed by atoms with E-state index in [2.05, 4.69) is 25.6 Å². The van der Waals surface area contributed by atoms with Crippen molar-refractivity contribution in [1.29, 1.82) is 0 Å². The van der Waals surface area contributed by atoms with Crippen molar-refractivity contribution in [3.05, 3.63) is 41.5 Å². The minimum Gasteiger partial charge on any atom is -0.468 e. The Hall–Kier alpha value is -3.02. The number of allylic oxidation sites excluding steroid dienone is 1. The van der Waals surface area contributed by atoms with Crippen LogP contribution in [-0.2, 0) is 4.79 Å². The molecule has 4 unspecified atom stereocenters. The average Bonchev–Trinajstić information content (AvgIpc) is 3.18. The molecule has 1 aromatic carbocycles. The van der Waals surface area contributed by atoms with E-state index >= 15 is 0 Å². The second kappa shape index (κ2) is 9.63. The molecule has 1 saturated heterocycles. The van der Waals surface area contributed by atoms with Crippen LogP contribution in [0.15, 0.2) is 50.9 Å². The number of dihydropyridines is 1. The fourth-order valence-electron chi connectivity index (χ4n) is 3.59. The van der Waals surface area contributed by atoms with Crippen LogP contribution in [0, 0.1) is 0 Å². The number of aliphatic hydroxyl groups excluding tert-OH is 1. The Morgan fingerprint density at radius 2 is 2.06 bits per heavy atom. The largest absolute Gasteiger partial charge is 0.468 e. The Labute approximate surface area is 183 Å². The fraction of sp³-hybridized carbons (Fsp3) is 0.429. The third-order valence-corrected chi connectivity index (χ3v) is 5.30. The SMILES string of the molecule is NC(O)C1=NC(c2ccc(OC3CC=C(C(F)F)C=N3)cc2)=NC(NC2CCNC2=O)C1. The first-order valence-electron chi connectivity index (χ1n) is 10.3. The molecule has 3 heterocycles. The van der Waals surface area contributed by atoms with Crippen LogP contribution in [0.4, 0.5) is 8.78 Å². The lowest BCUT2D eigenvalue weighted by Gasteiger charge is -2.24. The number of rotatable bonds is 7. The number of amides is 1. The monoisotopic (exact) mass is 446 g/mol. The van der Waals surface area contributed by atoms with Gasteiger partial charge in [0, 0.05) is 36.7 Å². The molecular weight excluding hydrogens is 422 g/mol. The van der Waals surface area contributed by atoms with Crippen molar-refractivity contribution in [2.45, 2.75) is 50.4 Å². The summed E-state index contributed by atoms with van der Waals surface area (Å²) in [6.07, 6.45) is -1.05. The van der Waals surface area contributed by atoms with Gasteiger partial charge in [-0.1, -0.05) is 6.08 Å². The summed E-state index contributed by atoms with van der Waals surface area (Å²) in [5, 5.41) is 15.8. The van der Waals surface area contributed by atoms with E-state index in [4.69, 9.17) is 10.5 Å². The number of carbonyl (C=O) groups is 1. The van der Waals surface area contributed by atoms with Crippen LogP contribution >= 0.6 is 0 Å². The van der Waals surface area contributed by atoms with Crippen molar-refractivity contribution in [2.75, 3.05) is 6.54 Å². The highest BCUT2D eigenvalue weighted by molar-refractivity contribution is 6.09. The van der Waals surface area contributed by atoms with Gasteiger partial charge in [-0.05, 0) is 30.7 Å². The van der Waals surface area contributed by atoms with Crippen LogP contribution < -0.4 is 21.1 Å². The van der Waals surface area contributed by atoms with Gasteiger partial charge in [-0.15, -0.1) is 0 Å². The average molecular weight is 446 g/mol. The molecule has 0 bridgehead atoms. The molecule has 3 aliphatic rings. The summed E-state index contributed by atoms with van der Waals surface area (Å²) in [6, 6.07) is 6.54. The quantitative estimate of drug-likeness (QED) is 0.458. The Kier molecular flexibility index (Phi) is 6.68. The number of aliphatic hydroxyl groups is 1. The molecule has 1 amide bonds. The fourth-order valence-corrected chi connectivity index (χ4v) is 3.59. The number of hydrogen-bond acceptors (Lipinski definition) is 8. The second-order valence-electron chi connectivity index (χ2n) is 7.64. The van der Waals surface area contributed by atoms with Gasteiger partial charge in [0.05, 0.1) is 11.8 Å². The van der Waals surface area contributed by atoms with Crippen molar-refractivity contribution in [3.63, 3.8) is 0 Å². The number of halogens is 2. The molecule has 32 heavy (non-hydrogen) atoms. The van der Waals surface area contributed by atoms with Crippen molar-refractivity contribution < 1.29 is 23.4 Å². The van der Waals surface area contributed by atoms with E-state index in [1.807, 2.05) is 0 Å². The van der Waals surface area contributed by atoms with E-state index in [0.717, 1.165) is 6.21 Å². The topological polar surface area (TPSA) is 134 Å². The Morgan fingerprint density at radius 1 is 1.28 bits per heavy atom. The number of alkyl halides is 2. The third-order valence-electron chi connectivity index (χ3n) is 5.30. The third kappa shape index (κ3) is 5.23. The van der Waals surface area contributed by atoms with Crippen molar-refractivity contribution >= 4 is 23.7 Å². The van der Waals surface area contributed by atoms with E-state index < -0.39 is 25.0 Å². The zero-order chi connectivity index (χ0) is 22.7. The van der Waals surface area contributed by atoms with Gasteiger partial charge in [0.2, 0.25) is 5.91 Å². The van der Waals surface area contributed by atoms with E-state index in [1.54, 1.807) is 24.3 Å².